The highest BCUT2D eigenvalue weighted by Gasteiger charge is 2.47. The van der Waals surface area contributed by atoms with E-state index in [0.717, 1.165) is 60.6 Å². The van der Waals surface area contributed by atoms with Gasteiger partial charge in [0.05, 0.1) is 58.3 Å². The molecule has 0 aromatic heterocycles. The van der Waals surface area contributed by atoms with Crippen LogP contribution in [0.15, 0.2) is 84.9 Å². The molecule has 0 radical (unpaired) electrons. The van der Waals surface area contributed by atoms with Gasteiger partial charge in [-0.1, -0.05) is 48.5 Å². The first-order chi connectivity index (χ1) is 28.2. The van der Waals surface area contributed by atoms with Gasteiger partial charge < -0.3 is 37.9 Å². The molecule has 4 aromatic carbocycles. The minimum atomic E-state index is -0.763. The number of benzene rings is 4. The molecule has 4 aliphatic heterocycles. The molecule has 4 aromatic rings. The first-order valence-corrected chi connectivity index (χ1v) is 24.2. The smallest absolute Gasteiger partial charge is 0.123 e. The number of ether oxygens (including phenoxy) is 8. The average Bonchev–Trinajstić information content (AvgIpc) is 4.02. The zero-order chi connectivity index (χ0) is 38.3. The molecule has 4 heterocycles. The van der Waals surface area contributed by atoms with E-state index in [2.05, 4.69) is 72.8 Å². The van der Waals surface area contributed by atoms with E-state index in [1.807, 2.05) is 59.2 Å². The van der Waals surface area contributed by atoms with Gasteiger partial charge in [0.1, 0.15) is 49.4 Å². The lowest BCUT2D eigenvalue weighted by Gasteiger charge is -2.35. The summed E-state index contributed by atoms with van der Waals surface area (Å²) >= 11 is 7.75. The van der Waals surface area contributed by atoms with Crippen molar-refractivity contribution in [1.82, 2.24) is 0 Å². The highest BCUT2D eigenvalue weighted by atomic mass is 32.2. The van der Waals surface area contributed by atoms with E-state index in [0.29, 0.717) is 73.9 Å². The van der Waals surface area contributed by atoms with Crippen LogP contribution in [0.2, 0.25) is 0 Å². The van der Waals surface area contributed by atoms with Crippen LogP contribution >= 0.6 is 47.0 Å². The molecule has 12 heteroatoms. The molecule has 0 bridgehead atoms. The van der Waals surface area contributed by atoms with Gasteiger partial charge in [0, 0.05) is 56.1 Å². The normalized spacial score (nSPS) is 21.7. The van der Waals surface area contributed by atoms with Crippen molar-refractivity contribution < 1.29 is 37.9 Å². The third-order valence-corrected chi connectivity index (χ3v) is 14.2. The van der Waals surface area contributed by atoms with E-state index in [1.165, 1.54) is 45.3 Å². The Morgan fingerprint density at radius 3 is 1.00 bits per heavy atom. The van der Waals surface area contributed by atoms with Crippen molar-refractivity contribution in [2.24, 2.45) is 0 Å². The fourth-order valence-electron chi connectivity index (χ4n) is 7.32. The Kier molecular flexibility index (Phi) is 13.4. The summed E-state index contributed by atoms with van der Waals surface area (Å²) in [4.78, 5) is 0. The van der Waals surface area contributed by atoms with Crippen LogP contribution in [0.25, 0.3) is 11.1 Å². The van der Waals surface area contributed by atoms with Crippen molar-refractivity contribution in [2.75, 3.05) is 102 Å². The molecule has 4 fully saturated rings. The van der Waals surface area contributed by atoms with Crippen molar-refractivity contribution in [2.45, 2.75) is 26.4 Å². The van der Waals surface area contributed by atoms with Crippen molar-refractivity contribution in [3.05, 3.63) is 107 Å². The quantitative estimate of drug-likeness (QED) is 0.0399. The summed E-state index contributed by atoms with van der Waals surface area (Å²) in [6.45, 7) is 6.89. The molecular formula is C45H50O8S4. The second-order valence-electron chi connectivity index (χ2n) is 14.7. The summed E-state index contributed by atoms with van der Waals surface area (Å²) in [5.41, 5.74) is 6.00. The summed E-state index contributed by atoms with van der Waals surface area (Å²) in [5, 5.41) is 2.48. The average molecular weight is 847 g/mol. The predicted octanol–water partition coefficient (Wildman–Crippen LogP) is 8.09. The van der Waals surface area contributed by atoms with Crippen LogP contribution in [0.5, 0.6) is 23.0 Å². The number of thioether (sulfide) groups is 4. The molecular weight excluding hydrogens is 797 g/mol. The molecule has 0 amide bonds. The van der Waals surface area contributed by atoms with Crippen LogP contribution in [-0.4, -0.2) is 123 Å². The molecule has 4 unspecified atom stereocenters. The summed E-state index contributed by atoms with van der Waals surface area (Å²) in [7, 11) is 0. The Morgan fingerprint density at radius 1 is 0.404 bits per heavy atom. The Labute approximate surface area is 353 Å². The molecule has 4 saturated heterocycles. The summed E-state index contributed by atoms with van der Waals surface area (Å²) < 4.78 is 49.7. The van der Waals surface area contributed by atoms with Crippen molar-refractivity contribution in [3.8, 4) is 34.1 Å². The van der Waals surface area contributed by atoms with Crippen molar-refractivity contribution in [3.63, 3.8) is 0 Å². The summed E-state index contributed by atoms with van der Waals surface area (Å²) in [5.74, 6) is 7.62. The zero-order valence-corrected chi connectivity index (χ0v) is 35.4. The van der Waals surface area contributed by atoms with E-state index in [-0.39, 0.29) is 0 Å². The SMILES string of the molecule is c1ccc2c(c1)-c1ccccc1C2(c1cc(OCCOCC2CS2)cc(OCCOCC2CS2)c1)c1cc(OCCOCC2CS2)cc(OCCOCC2CS2)c1. The Bertz CT molecular complexity index is 1730. The minimum absolute atomic E-state index is 0.437. The molecule has 0 N–H and O–H groups in total. The Morgan fingerprint density at radius 2 is 0.702 bits per heavy atom. The molecule has 0 spiro atoms. The maximum Gasteiger partial charge on any atom is 0.123 e. The Hall–Kier alpha value is -2.68. The topological polar surface area (TPSA) is 73.8 Å². The lowest BCUT2D eigenvalue weighted by Crippen LogP contribution is -2.29. The van der Waals surface area contributed by atoms with Gasteiger partial charge in [-0.15, -0.1) is 0 Å². The molecule has 5 aliphatic rings. The predicted molar refractivity (Wildman–Crippen MR) is 234 cm³/mol. The number of hydrogen-bond acceptors (Lipinski definition) is 12. The van der Waals surface area contributed by atoms with Crippen LogP contribution in [-0.2, 0) is 24.4 Å². The molecule has 4 atom stereocenters. The molecule has 57 heavy (non-hydrogen) atoms. The first kappa shape index (κ1) is 39.8. The lowest BCUT2D eigenvalue weighted by atomic mass is 9.67. The zero-order valence-electron chi connectivity index (χ0n) is 32.1. The van der Waals surface area contributed by atoms with E-state index < -0.39 is 5.41 Å². The largest absolute Gasteiger partial charge is 0.491 e. The summed E-state index contributed by atoms with van der Waals surface area (Å²) in [6.07, 6.45) is 0. The summed E-state index contributed by atoms with van der Waals surface area (Å²) in [6, 6.07) is 30.1. The van der Waals surface area contributed by atoms with Gasteiger partial charge in [0.25, 0.3) is 0 Å². The van der Waals surface area contributed by atoms with Crippen LogP contribution in [0, 0.1) is 0 Å². The van der Waals surface area contributed by atoms with Gasteiger partial charge in [-0.3, -0.25) is 0 Å². The first-order valence-electron chi connectivity index (χ1n) is 20.0. The fraction of sp³-hybridized carbons (Fsp3) is 0.467. The highest BCUT2D eigenvalue weighted by Crippen LogP contribution is 2.57. The fourth-order valence-corrected chi connectivity index (χ4v) is 9.02. The van der Waals surface area contributed by atoms with Crippen molar-refractivity contribution in [1.29, 1.82) is 0 Å². The molecule has 9 rings (SSSR count). The van der Waals surface area contributed by atoms with Crippen molar-refractivity contribution >= 4 is 47.0 Å². The molecule has 302 valence electrons. The number of hydrogen-bond donors (Lipinski definition) is 0. The third kappa shape index (κ3) is 10.6. The number of fused-ring (bicyclic) bond motifs is 3. The Balaban J connectivity index is 1.08. The second kappa shape index (κ2) is 19.1. The van der Waals surface area contributed by atoms with Gasteiger partial charge in [-0.25, -0.2) is 0 Å². The van der Waals surface area contributed by atoms with Gasteiger partial charge >= 0.3 is 0 Å². The van der Waals surface area contributed by atoms with Crippen LogP contribution in [0.1, 0.15) is 22.3 Å². The van der Waals surface area contributed by atoms with Crippen LogP contribution in [0.4, 0.5) is 0 Å². The monoisotopic (exact) mass is 846 g/mol. The second-order valence-corrected chi connectivity index (χ2v) is 20.1. The molecule has 0 saturated carbocycles. The standard InChI is InChI=1S/C45H50O8S4/c1-3-7-43-41(5-1)42-6-2-4-8-44(42)45(43,31-17-33(50-13-9-46-23-37-27-54-37)21-34(18-31)51-14-10-47-24-38-28-55-38)32-19-35(52-15-11-48-25-39-29-56-39)22-36(20-32)53-16-12-49-26-40-30-57-40/h1-8,17-22,37-40H,9-16,23-30H2. The van der Waals surface area contributed by atoms with E-state index >= 15 is 0 Å². The maximum absolute atomic E-state index is 6.49. The van der Waals surface area contributed by atoms with Gasteiger partial charge in [-0.05, 0) is 57.6 Å². The van der Waals surface area contributed by atoms with E-state index in [4.69, 9.17) is 37.9 Å². The highest BCUT2D eigenvalue weighted by molar-refractivity contribution is 8.07. The van der Waals surface area contributed by atoms with Gasteiger partial charge in [-0.2, -0.15) is 47.0 Å². The van der Waals surface area contributed by atoms with E-state index in [9.17, 15) is 0 Å². The lowest BCUT2D eigenvalue weighted by molar-refractivity contribution is 0.103. The minimum Gasteiger partial charge on any atom is -0.491 e. The van der Waals surface area contributed by atoms with Gasteiger partial charge in [0.2, 0.25) is 0 Å². The number of rotatable bonds is 26. The van der Waals surface area contributed by atoms with Crippen LogP contribution < -0.4 is 18.9 Å². The molecule has 1 aliphatic carbocycles. The third-order valence-electron chi connectivity index (χ3n) is 10.4. The van der Waals surface area contributed by atoms with Crippen LogP contribution in [0.3, 0.4) is 0 Å². The van der Waals surface area contributed by atoms with Gasteiger partial charge in [0.15, 0.2) is 0 Å². The maximum atomic E-state index is 6.49. The molecule has 8 nitrogen and oxygen atoms in total. The van der Waals surface area contributed by atoms with E-state index in [1.54, 1.807) is 0 Å².